The molecule has 48 heavy (non-hydrogen) atoms. The molecule has 1 aromatic heterocycles. The van der Waals surface area contributed by atoms with Crippen molar-refractivity contribution in [1.82, 2.24) is 15.5 Å². The van der Waals surface area contributed by atoms with E-state index >= 15 is 4.39 Å². The van der Waals surface area contributed by atoms with Crippen molar-refractivity contribution in [2.75, 3.05) is 32.0 Å². The average Bonchev–Trinajstić information content (AvgIpc) is 3.87. The number of ether oxygens (including phenoxy) is 1. The van der Waals surface area contributed by atoms with Crippen molar-refractivity contribution in [3.05, 3.63) is 56.5 Å². The van der Waals surface area contributed by atoms with Gasteiger partial charge in [0.25, 0.3) is 0 Å². The van der Waals surface area contributed by atoms with Gasteiger partial charge in [0, 0.05) is 42.2 Å². The summed E-state index contributed by atoms with van der Waals surface area (Å²) in [5.74, 6) is 0.692. The number of anilines is 1. The second-order valence-corrected chi connectivity index (χ2v) is 14.1. The number of thiophene rings is 1. The highest BCUT2D eigenvalue weighted by atomic mass is 32.1. The molecule has 6 rings (SSSR count). The maximum absolute atomic E-state index is 16.2. The van der Waals surface area contributed by atoms with Gasteiger partial charge in [-0.3, -0.25) is 0 Å². The molecule has 5 heterocycles. The molecule has 0 aromatic carbocycles. The van der Waals surface area contributed by atoms with Gasteiger partial charge in [-0.25, -0.2) is 13.8 Å². The van der Waals surface area contributed by atoms with E-state index < -0.39 is 23.7 Å². The molecule has 3 unspecified atom stereocenters. The summed E-state index contributed by atoms with van der Waals surface area (Å²) in [5.41, 5.74) is 9.30. The van der Waals surface area contributed by atoms with Crippen LogP contribution in [0.4, 0.5) is 13.8 Å². The van der Waals surface area contributed by atoms with Crippen molar-refractivity contribution in [1.29, 1.82) is 5.26 Å². The van der Waals surface area contributed by atoms with Crippen LogP contribution in [0.15, 0.2) is 45.5 Å². The van der Waals surface area contributed by atoms with Gasteiger partial charge in [-0.2, -0.15) is 5.26 Å². The molecule has 0 spiro atoms. The molecule has 1 fully saturated rings. The number of aliphatic imine (C=N–C) groups is 1. The SMILES string of the molecule is CCC.CCCC.CCCCCC(C)CC.N#Cc1c(N)sc2c1C(C1=C(F)C3N=C(N4CCCC4)NC=C3C3=C1COC3)NC=C2F. The minimum atomic E-state index is -0.801. The van der Waals surface area contributed by atoms with Crippen LogP contribution in [0.25, 0.3) is 5.83 Å². The van der Waals surface area contributed by atoms with Gasteiger partial charge in [-0.1, -0.05) is 99.8 Å². The molecule has 4 N–H and O–H groups in total. The van der Waals surface area contributed by atoms with Crippen LogP contribution in [-0.4, -0.2) is 43.2 Å². The predicted octanol–water partition coefficient (Wildman–Crippen LogP) is 9.82. The van der Waals surface area contributed by atoms with Gasteiger partial charge in [0.05, 0.1) is 29.7 Å². The molecule has 0 saturated carbocycles. The number of halogens is 2. The highest BCUT2D eigenvalue weighted by Gasteiger charge is 2.43. The van der Waals surface area contributed by atoms with E-state index in [2.05, 4.69) is 70.1 Å². The van der Waals surface area contributed by atoms with E-state index in [0.29, 0.717) is 23.7 Å². The lowest BCUT2D eigenvalue weighted by Gasteiger charge is -2.34. The summed E-state index contributed by atoms with van der Waals surface area (Å²) < 4.78 is 36.5. The molecular weight excluding hydrogens is 627 g/mol. The number of fused-ring (bicyclic) bond motifs is 3. The monoisotopic (exact) mass is 684 g/mol. The van der Waals surface area contributed by atoms with Crippen LogP contribution in [0.5, 0.6) is 0 Å². The molecule has 4 aliphatic heterocycles. The first-order valence-corrected chi connectivity index (χ1v) is 19.0. The van der Waals surface area contributed by atoms with Crippen molar-refractivity contribution in [2.45, 2.75) is 125 Å². The van der Waals surface area contributed by atoms with Crippen LogP contribution in [0.2, 0.25) is 0 Å². The number of nitrogens with one attached hydrogen (secondary N) is 2. The van der Waals surface area contributed by atoms with Gasteiger partial charge < -0.3 is 26.0 Å². The van der Waals surface area contributed by atoms with Crippen molar-refractivity contribution in [2.24, 2.45) is 10.9 Å². The quantitative estimate of drug-likeness (QED) is 0.247. The van der Waals surface area contributed by atoms with E-state index in [1.165, 1.54) is 57.6 Å². The van der Waals surface area contributed by atoms with Crippen molar-refractivity contribution in [3.8, 4) is 6.07 Å². The lowest BCUT2D eigenvalue weighted by molar-refractivity contribution is 0.205. The first kappa shape index (κ1) is 39.3. The molecule has 5 aliphatic rings. The molecule has 0 amide bonds. The van der Waals surface area contributed by atoms with E-state index in [1.807, 2.05) is 6.20 Å². The van der Waals surface area contributed by atoms with Crippen LogP contribution in [0.1, 0.15) is 135 Å². The normalized spacial score (nSPS) is 21.2. The number of likely N-dealkylation sites (tertiary alicyclic amines) is 1. The molecular formula is C38H58F2N6OS. The molecule has 1 aliphatic carbocycles. The van der Waals surface area contributed by atoms with Crippen molar-refractivity contribution >= 4 is 28.1 Å². The Kier molecular flexibility index (Phi) is 16.2. The molecule has 266 valence electrons. The highest BCUT2D eigenvalue weighted by Crippen LogP contribution is 2.50. The van der Waals surface area contributed by atoms with Crippen molar-refractivity contribution < 1.29 is 13.5 Å². The lowest BCUT2D eigenvalue weighted by atomic mass is 9.79. The first-order chi connectivity index (χ1) is 23.2. The Balaban J connectivity index is 0.000000329. The minimum absolute atomic E-state index is 0.181. The number of hydrogen-bond donors (Lipinski definition) is 3. The van der Waals surface area contributed by atoms with Crippen LogP contribution in [0.3, 0.4) is 0 Å². The number of nitrogens with two attached hydrogens (primary N) is 1. The summed E-state index contributed by atoms with van der Waals surface area (Å²) in [7, 11) is 0. The topological polar surface area (TPSA) is 98.7 Å². The average molecular weight is 685 g/mol. The fourth-order valence-corrected chi connectivity index (χ4v) is 7.00. The maximum atomic E-state index is 16.2. The Bertz CT molecular complexity index is 1410. The lowest BCUT2D eigenvalue weighted by Crippen LogP contribution is -2.42. The second kappa shape index (κ2) is 19.7. The van der Waals surface area contributed by atoms with E-state index in [4.69, 9.17) is 15.5 Å². The van der Waals surface area contributed by atoms with Gasteiger partial charge in [0.1, 0.15) is 22.9 Å². The molecule has 10 heteroatoms. The first-order valence-electron chi connectivity index (χ1n) is 18.2. The van der Waals surface area contributed by atoms with E-state index in [9.17, 15) is 9.65 Å². The smallest absolute Gasteiger partial charge is 0.199 e. The summed E-state index contributed by atoms with van der Waals surface area (Å²) in [6.07, 6.45) is 16.1. The molecule has 3 atom stereocenters. The van der Waals surface area contributed by atoms with Gasteiger partial charge in [0.2, 0.25) is 0 Å². The Morgan fingerprint density at radius 1 is 1.04 bits per heavy atom. The predicted molar refractivity (Wildman–Crippen MR) is 198 cm³/mol. The fourth-order valence-electron chi connectivity index (χ4n) is 6.04. The third-order valence-corrected chi connectivity index (χ3v) is 10.1. The maximum Gasteiger partial charge on any atom is 0.199 e. The van der Waals surface area contributed by atoms with Crippen LogP contribution in [0, 0.1) is 17.2 Å². The summed E-state index contributed by atoms with van der Waals surface area (Å²) >= 11 is 1.01. The van der Waals surface area contributed by atoms with Gasteiger partial charge >= 0.3 is 0 Å². The number of guanidine groups is 1. The third kappa shape index (κ3) is 9.29. The zero-order valence-electron chi connectivity index (χ0n) is 30.3. The standard InChI is InChI=1S/C22H20F2N6OS.C9H20.C4H10.C3H8/c23-14-7-27-19(16-10(5-25)21(26)32-20(14)16)15-13-9-31-8-12(13)11-6-28-22(29-18(11)17(15)24)30-3-1-2-4-30;1-4-6-7-8-9(3)5-2;1-3-4-2;1-3-2/h6-7,18-19,27H,1-4,8-9,26H2,(H,28,29);9H,4-8H2,1-3H3;3-4H2,1-2H3;3H2,1-2H3. The summed E-state index contributed by atoms with van der Waals surface area (Å²) in [6.45, 7) is 17.9. The number of nitrogen functional groups attached to an aromatic ring is 1. The fraction of sp³-hybridized carbons (Fsp3) is 0.632. The Hall–Kier alpha value is -3.16. The molecule has 0 radical (unpaired) electrons. The Labute approximate surface area is 292 Å². The zero-order chi connectivity index (χ0) is 35.2. The molecule has 0 bridgehead atoms. The Morgan fingerprint density at radius 2 is 1.71 bits per heavy atom. The largest absolute Gasteiger partial charge is 0.389 e. The second-order valence-electron chi connectivity index (χ2n) is 13.0. The van der Waals surface area contributed by atoms with Gasteiger partial charge in [0.15, 0.2) is 11.8 Å². The number of rotatable bonds is 7. The van der Waals surface area contributed by atoms with Crippen LogP contribution < -0.4 is 16.4 Å². The zero-order valence-corrected chi connectivity index (χ0v) is 31.1. The number of hydrogen-bond acceptors (Lipinski definition) is 8. The number of unbranched alkanes of at least 4 members (excludes halogenated alkanes) is 3. The van der Waals surface area contributed by atoms with Gasteiger partial charge in [-0.05, 0) is 29.9 Å². The Morgan fingerprint density at radius 3 is 2.31 bits per heavy atom. The van der Waals surface area contributed by atoms with Crippen LogP contribution in [-0.2, 0) is 4.74 Å². The number of nitriles is 1. The number of nitrogens with zero attached hydrogens (tertiary/aromatic N) is 3. The van der Waals surface area contributed by atoms with E-state index in [1.54, 1.807) is 0 Å². The van der Waals surface area contributed by atoms with Gasteiger partial charge in [-0.15, -0.1) is 11.3 Å². The molecule has 1 aromatic rings. The molecule has 1 saturated heterocycles. The highest BCUT2D eigenvalue weighted by molar-refractivity contribution is 7.17. The van der Waals surface area contributed by atoms with Crippen molar-refractivity contribution in [3.63, 3.8) is 0 Å². The summed E-state index contributed by atoms with van der Waals surface area (Å²) in [6, 6.07) is 0.522. The van der Waals surface area contributed by atoms with Crippen LogP contribution >= 0.6 is 11.3 Å². The third-order valence-electron chi connectivity index (χ3n) is 9.09. The molecule has 7 nitrogen and oxygen atoms in total. The minimum Gasteiger partial charge on any atom is -0.389 e. The van der Waals surface area contributed by atoms with E-state index in [-0.39, 0.29) is 22.0 Å². The summed E-state index contributed by atoms with van der Waals surface area (Å²) in [4.78, 5) is 7.11. The summed E-state index contributed by atoms with van der Waals surface area (Å²) in [5, 5.41) is 16.1. The van der Waals surface area contributed by atoms with E-state index in [0.717, 1.165) is 59.9 Å².